The van der Waals surface area contributed by atoms with Crippen molar-refractivity contribution in [1.29, 1.82) is 0 Å². The van der Waals surface area contributed by atoms with Gasteiger partial charge in [-0.2, -0.15) is 0 Å². The van der Waals surface area contributed by atoms with Crippen molar-refractivity contribution in [2.75, 3.05) is 17.2 Å². The molecule has 0 radical (unpaired) electrons. The zero-order chi connectivity index (χ0) is 24.4. The zero-order valence-corrected chi connectivity index (χ0v) is 18.8. The van der Waals surface area contributed by atoms with Crippen LogP contribution in [0.2, 0.25) is 0 Å². The number of hydrogen-bond acceptors (Lipinski definition) is 5. The van der Waals surface area contributed by atoms with Gasteiger partial charge < -0.3 is 15.4 Å². The van der Waals surface area contributed by atoms with E-state index in [1.807, 2.05) is 36.4 Å². The summed E-state index contributed by atoms with van der Waals surface area (Å²) in [7, 11) is 0. The number of amides is 3. The number of nitrogens with zero attached hydrogens (tertiary/aromatic N) is 1. The van der Waals surface area contributed by atoms with Gasteiger partial charge in [0.25, 0.3) is 11.7 Å². The zero-order valence-electron chi connectivity index (χ0n) is 18.8. The van der Waals surface area contributed by atoms with Gasteiger partial charge >= 0.3 is 6.09 Å². The minimum atomic E-state index is -0.637. The number of carbonyl (C=O) groups is 4. The first-order valence-electron chi connectivity index (χ1n) is 11.4. The number of benzene rings is 3. The molecular weight excluding hydrogens is 446 g/mol. The number of ketones is 1. The van der Waals surface area contributed by atoms with E-state index in [1.54, 1.807) is 36.4 Å². The van der Waals surface area contributed by atoms with Crippen LogP contribution in [0.3, 0.4) is 0 Å². The lowest BCUT2D eigenvalue weighted by Crippen LogP contribution is -2.43. The molecule has 3 aromatic carbocycles. The number of likely N-dealkylation sites (tertiary alicyclic amines) is 1. The van der Waals surface area contributed by atoms with Crippen molar-refractivity contribution in [3.63, 3.8) is 0 Å². The molecule has 2 heterocycles. The molecule has 8 nitrogen and oxygen atoms in total. The molecule has 1 fully saturated rings. The summed E-state index contributed by atoms with van der Waals surface area (Å²) in [6.07, 6.45) is 0.764. The Bertz CT molecular complexity index is 1320. The second kappa shape index (κ2) is 9.42. The molecule has 1 saturated heterocycles. The Morgan fingerprint density at radius 2 is 1.77 bits per heavy atom. The number of fused-ring (bicyclic) bond motifs is 1. The quantitative estimate of drug-likeness (QED) is 0.544. The van der Waals surface area contributed by atoms with Crippen LogP contribution >= 0.6 is 0 Å². The second-order valence-electron chi connectivity index (χ2n) is 8.51. The lowest BCUT2D eigenvalue weighted by atomic mass is 10.0. The summed E-state index contributed by atoms with van der Waals surface area (Å²) in [5.41, 5.74) is 3.80. The summed E-state index contributed by atoms with van der Waals surface area (Å²) in [4.78, 5) is 50.8. The predicted octanol–water partition coefficient (Wildman–Crippen LogP) is 4.23. The molecule has 0 spiro atoms. The number of nitrogens with one attached hydrogen (secondary N) is 2. The average molecular weight is 469 g/mol. The number of anilines is 2. The molecule has 0 aliphatic carbocycles. The second-order valence-corrected chi connectivity index (χ2v) is 8.51. The molecule has 2 aliphatic heterocycles. The van der Waals surface area contributed by atoms with Gasteiger partial charge in [-0.3, -0.25) is 19.3 Å². The van der Waals surface area contributed by atoms with Crippen molar-refractivity contribution in [3.8, 4) is 11.1 Å². The highest BCUT2D eigenvalue weighted by molar-refractivity contribution is 6.51. The molecule has 3 aromatic rings. The number of carbonyl (C=O) groups excluding carboxylic acids is 4. The largest absolute Gasteiger partial charge is 0.445 e. The first kappa shape index (κ1) is 22.3. The van der Waals surface area contributed by atoms with Crippen molar-refractivity contribution in [3.05, 3.63) is 83.9 Å². The van der Waals surface area contributed by atoms with E-state index in [4.69, 9.17) is 4.74 Å². The standard InChI is InChI=1S/C27H23N3O5/c31-24-21-15-19(11-12-22(21)29-26(24)33)18-8-4-9-20(14-18)28-25(32)23-10-5-13-30(23)27(34)35-16-17-6-2-1-3-7-17/h1-4,6-9,11-12,14-15,23H,5,10,13,16H2,(H,28,32)(H,29,31,33)/t23-/m0/s1. The fraction of sp³-hybridized carbons (Fsp3) is 0.185. The van der Waals surface area contributed by atoms with Crippen LogP contribution in [0.15, 0.2) is 72.8 Å². The molecular formula is C27H23N3O5. The maximum atomic E-state index is 13.0. The number of Topliss-reactive ketones (excluding diaryl/α,β-unsaturated/α-hetero) is 1. The maximum Gasteiger partial charge on any atom is 0.410 e. The lowest BCUT2D eigenvalue weighted by molar-refractivity contribution is -0.120. The average Bonchev–Trinajstić information content (AvgIpc) is 3.48. The van der Waals surface area contributed by atoms with Crippen LogP contribution in [0, 0.1) is 0 Å². The van der Waals surface area contributed by atoms with Crippen molar-refractivity contribution in [2.45, 2.75) is 25.5 Å². The molecule has 0 bridgehead atoms. The fourth-order valence-corrected chi connectivity index (χ4v) is 4.38. The summed E-state index contributed by atoms with van der Waals surface area (Å²) < 4.78 is 5.42. The number of hydrogen-bond donors (Lipinski definition) is 2. The Hall–Kier alpha value is -4.46. The Morgan fingerprint density at radius 3 is 2.60 bits per heavy atom. The third kappa shape index (κ3) is 4.63. The molecule has 2 aliphatic rings. The van der Waals surface area contributed by atoms with Crippen molar-refractivity contribution in [1.82, 2.24) is 4.90 Å². The van der Waals surface area contributed by atoms with Gasteiger partial charge in [0, 0.05) is 12.2 Å². The van der Waals surface area contributed by atoms with Crippen LogP contribution in [0.25, 0.3) is 11.1 Å². The van der Waals surface area contributed by atoms with E-state index in [2.05, 4.69) is 10.6 Å². The van der Waals surface area contributed by atoms with Gasteiger partial charge in [0.1, 0.15) is 12.6 Å². The first-order chi connectivity index (χ1) is 17.0. The van der Waals surface area contributed by atoms with E-state index in [0.717, 1.165) is 16.7 Å². The molecule has 2 N–H and O–H groups in total. The maximum absolute atomic E-state index is 13.0. The summed E-state index contributed by atoms with van der Waals surface area (Å²) in [5.74, 6) is -1.48. The van der Waals surface area contributed by atoms with Gasteiger partial charge in [-0.25, -0.2) is 4.79 Å². The fourth-order valence-electron chi connectivity index (χ4n) is 4.38. The highest BCUT2D eigenvalue weighted by Gasteiger charge is 2.35. The van der Waals surface area contributed by atoms with Crippen molar-refractivity contribution < 1.29 is 23.9 Å². The Kier molecular flexibility index (Phi) is 6.01. The molecule has 176 valence electrons. The number of ether oxygens (including phenoxy) is 1. The molecule has 0 saturated carbocycles. The van der Waals surface area contributed by atoms with Crippen LogP contribution in [0.4, 0.5) is 16.2 Å². The SMILES string of the molecule is O=C1Nc2ccc(-c3cccc(NC(=O)[C@@H]4CCCN4C(=O)OCc4ccccc4)c3)cc2C1=O. The normalized spacial score (nSPS) is 16.6. The molecule has 35 heavy (non-hydrogen) atoms. The van der Waals surface area contributed by atoms with E-state index in [9.17, 15) is 19.2 Å². The summed E-state index contributed by atoms with van der Waals surface area (Å²) >= 11 is 0. The highest BCUT2D eigenvalue weighted by Crippen LogP contribution is 2.30. The van der Waals surface area contributed by atoms with Gasteiger partial charge in [0.15, 0.2) is 0 Å². The van der Waals surface area contributed by atoms with Gasteiger partial charge in [-0.15, -0.1) is 0 Å². The van der Waals surface area contributed by atoms with E-state index < -0.39 is 23.8 Å². The van der Waals surface area contributed by atoms with Crippen LogP contribution in [0.5, 0.6) is 0 Å². The van der Waals surface area contributed by atoms with Crippen LogP contribution < -0.4 is 10.6 Å². The number of rotatable bonds is 5. The molecule has 8 heteroatoms. The minimum absolute atomic E-state index is 0.150. The minimum Gasteiger partial charge on any atom is -0.445 e. The van der Waals surface area contributed by atoms with Gasteiger partial charge in [0.2, 0.25) is 5.91 Å². The molecule has 0 unspecified atom stereocenters. The van der Waals surface area contributed by atoms with Crippen LogP contribution in [-0.4, -0.2) is 41.2 Å². The van der Waals surface area contributed by atoms with Crippen LogP contribution in [0.1, 0.15) is 28.8 Å². The van der Waals surface area contributed by atoms with Gasteiger partial charge in [-0.05, 0) is 53.8 Å². The summed E-state index contributed by atoms with van der Waals surface area (Å²) in [6, 6.07) is 21.1. The van der Waals surface area contributed by atoms with E-state index in [0.29, 0.717) is 36.3 Å². The summed E-state index contributed by atoms with van der Waals surface area (Å²) in [5, 5.41) is 5.44. The van der Waals surface area contributed by atoms with Crippen molar-refractivity contribution >= 4 is 35.1 Å². The third-order valence-corrected chi connectivity index (χ3v) is 6.18. The molecule has 0 aromatic heterocycles. The van der Waals surface area contributed by atoms with Crippen molar-refractivity contribution in [2.24, 2.45) is 0 Å². The predicted molar refractivity (Wildman–Crippen MR) is 130 cm³/mol. The third-order valence-electron chi connectivity index (χ3n) is 6.18. The van der Waals surface area contributed by atoms with E-state index in [1.165, 1.54) is 4.90 Å². The highest BCUT2D eigenvalue weighted by atomic mass is 16.6. The van der Waals surface area contributed by atoms with Gasteiger partial charge in [0.05, 0.1) is 11.3 Å². The van der Waals surface area contributed by atoms with E-state index in [-0.39, 0.29) is 12.5 Å². The van der Waals surface area contributed by atoms with E-state index >= 15 is 0 Å². The smallest absolute Gasteiger partial charge is 0.410 e. The Balaban J connectivity index is 1.26. The topological polar surface area (TPSA) is 105 Å². The monoisotopic (exact) mass is 469 g/mol. The Labute approximate surface area is 201 Å². The van der Waals surface area contributed by atoms with Gasteiger partial charge in [-0.1, -0.05) is 48.5 Å². The Morgan fingerprint density at radius 1 is 0.971 bits per heavy atom. The lowest BCUT2D eigenvalue weighted by Gasteiger charge is -2.23. The summed E-state index contributed by atoms with van der Waals surface area (Å²) in [6.45, 7) is 0.610. The molecule has 5 rings (SSSR count). The first-order valence-corrected chi connectivity index (χ1v) is 11.4. The molecule has 3 amide bonds. The van der Waals surface area contributed by atoms with Crippen LogP contribution in [-0.2, 0) is 20.9 Å². The molecule has 1 atom stereocenters.